The number of hydrogen-bond acceptors (Lipinski definition) is 3. The van der Waals surface area contributed by atoms with E-state index in [-0.39, 0.29) is 11.1 Å². The third-order valence-electron chi connectivity index (χ3n) is 1.12. The fourth-order valence-corrected chi connectivity index (χ4v) is 0.860. The van der Waals surface area contributed by atoms with Crippen LogP contribution >= 0.6 is 15.9 Å². The monoisotopic (exact) mass is 216 g/mol. The lowest BCUT2D eigenvalue weighted by atomic mass is 10.2. The topological polar surface area (TPSA) is 47.3 Å². The Hall–Kier alpha value is -0.900. The molecular weight excluding hydrogens is 212 g/mol. The number of halogens is 1. The third-order valence-corrected chi connectivity index (χ3v) is 1.63. The SMILES string of the molecule is O=C(CBr)C(=O)c1ccco1. The molecule has 0 aliphatic rings. The average molecular weight is 217 g/mol. The van der Waals surface area contributed by atoms with E-state index >= 15 is 0 Å². The van der Waals surface area contributed by atoms with E-state index in [1.54, 1.807) is 6.07 Å². The Labute approximate surface area is 71.5 Å². The maximum absolute atomic E-state index is 11.0. The van der Waals surface area contributed by atoms with Crippen LogP contribution in [0.15, 0.2) is 22.8 Å². The van der Waals surface area contributed by atoms with Gasteiger partial charge in [0.25, 0.3) is 5.78 Å². The first-order chi connectivity index (χ1) is 5.25. The lowest BCUT2D eigenvalue weighted by Gasteiger charge is -1.89. The van der Waals surface area contributed by atoms with Gasteiger partial charge in [-0.15, -0.1) is 0 Å². The lowest BCUT2D eigenvalue weighted by Crippen LogP contribution is -2.13. The molecule has 1 aromatic rings. The van der Waals surface area contributed by atoms with E-state index in [4.69, 9.17) is 4.42 Å². The van der Waals surface area contributed by atoms with Gasteiger partial charge in [-0.3, -0.25) is 9.59 Å². The van der Waals surface area contributed by atoms with Crippen LogP contribution in [0.2, 0.25) is 0 Å². The average Bonchev–Trinajstić information content (AvgIpc) is 2.53. The molecule has 0 bridgehead atoms. The highest BCUT2D eigenvalue weighted by Gasteiger charge is 2.16. The number of furan rings is 1. The Morgan fingerprint density at radius 2 is 2.27 bits per heavy atom. The summed E-state index contributed by atoms with van der Waals surface area (Å²) < 4.78 is 4.73. The van der Waals surface area contributed by atoms with Gasteiger partial charge in [0.15, 0.2) is 5.76 Å². The maximum Gasteiger partial charge on any atom is 0.264 e. The van der Waals surface area contributed by atoms with Crippen molar-refractivity contribution in [2.24, 2.45) is 0 Å². The Kier molecular flexibility index (Phi) is 2.59. The summed E-state index contributed by atoms with van der Waals surface area (Å²) in [5.74, 6) is -0.999. The second kappa shape index (κ2) is 3.48. The molecular formula is C7H5BrO3. The molecule has 0 unspecified atom stereocenters. The van der Waals surface area contributed by atoms with E-state index in [1.165, 1.54) is 12.3 Å². The summed E-state index contributed by atoms with van der Waals surface area (Å²) in [4.78, 5) is 21.7. The van der Waals surface area contributed by atoms with Gasteiger partial charge in [0.2, 0.25) is 5.78 Å². The van der Waals surface area contributed by atoms with E-state index in [0.29, 0.717) is 0 Å². The number of carbonyl (C=O) groups is 2. The lowest BCUT2D eigenvalue weighted by molar-refractivity contribution is -0.112. The van der Waals surface area contributed by atoms with E-state index in [1.807, 2.05) is 0 Å². The minimum atomic E-state index is -0.591. The Balaban J connectivity index is 2.79. The van der Waals surface area contributed by atoms with Crippen molar-refractivity contribution in [3.8, 4) is 0 Å². The summed E-state index contributed by atoms with van der Waals surface area (Å²) in [5, 5.41) is 0.0343. The summed E-state index contributed by atoms with van der Waals surface area (Å²) in [5.41, 5.74) is 0. The van der Waals surface area contributed by atoms with Gasteiger partial charge in [0.05, 0.1) is 11.6 Å². The highest BCUT2D eigenvalue weighted by atomic mass is 79.9. The van der Waals surface area contributed by atoms with Crippen molar-refractivity contribution in [1.29, 1.82) is 0 Å². The first-order valence-corrected chi connectivity index (χ1v) is 4.05. The number of rotatable bonds is 3. The molecule has 0 spiro atoms. The summed E-state index contributed by atoms with van der Waals surface area (Å²) in [6.45, 7) is 0. The van der Waals surface area contributed by atoms with Gasteiger partial charge in [-0.1, -0.05) is 15.9 Å². The van der Waals surface area contributed by atoms with Gasteiger partial charge in [-0.25, -0.2) is 0 Å². The third kappa shape index (κ3) is 1.77. The van der Waals surface area contributed by atoms with Crippen LogP contribution in [0.5, 0.6) is 0 Å². The molecule has 11 heavy (non-hydrogen) atoms. The minimum absolute atomic E-state index is 0.0343. The molecule has 0 aliphatic carbocycles. The van der Waals surface area contributed by atoms with Crippen LogP contribution < -0.4 is 0 Å². The smallest absolute Gasteiger partial charge is 0.264 e. The van der Waals surface area contributed by atoms with E-state index in [0.717, 1.165) is 0 Å². The summed E-state index contributed by atoms with van der Waals surface area (Å²) in [7, 11) is 0. The van der Waals surface area contributed by atoms with Crippen LogP contribution in [0.3, 0.4) is 0 Å². The van der Waals surface area contributed by atoms with Crippen molar-refractivity contribution in [1.82, 2.24) is 0 Å². The van der Waals surface area contributed by atoms with E-state index in [2.05, 4.69) is 15.9 Å². The molecule has 0 aliphatic heterocycles. The van der Waals surface area contributed by atoms with Crippen molar-refractivity contribution in [2.75, 3.05) is 5.33 Å². The zero-order chi connectivity index (χ0) is 8.27. The van der Waals surface area contributed by atoms with Crippen LogP contribution in [0.4, 0.5) is 0 Å². The van der Waals surface area contributed by atoms with Gasteiger partial charge in [-0.2, -0.15) is 0 Å². The molecule has 1 rings (SSSR count). The number of Topliss-reactive ketones (excluding diaryl/α,β-unsaturated/α-hetero) is 2. The second-order valence-electron chi connectivity index (χ2n) is 1.86. The van der Waals surface area contributed by atoms with E-state index in [9.17, 15) is 9.59 Å². The van der Waals surface area contributed by atoms with Crippen molar-refractivity contribution in [2.45, 2.75) is 0 Å². The zero-order valence-corrected chi connectivity index (χ0v) is 7.13. The molecule has 0 fully saturated rings. The van der Waals surface area contributed by atoms with Gasteiger partial charge in [0.1, 0.15) is 0 Å². The van der Waals surface area contributed by atoms with Crippen LogP contribution in [0, 0.1) is 0 Å². The number of ketones is 2. The maximum atomic E-state index is 11.0. The Morgan fingerprint density at radius 1 is 1.55 bits per heavy atom. The Bertz CT molecular complexity index is 263. The standard InChI is InChI=1S/C7H5BrO3/c8-4-5(9)7(10)6-2-1-3-11-6/h1-3H,4H2. The minimum Gasteiger partial charge on any atom is -0.461 e. The molecule has 4 heteroatoms. The van der Waals surface area contributed by atoms with Crippen molar-refractivity contribution >= 4 is 27.5 Å². The van der Waals surface area contributed by atoms with Gasteiger partial charge >= 0.3 is 0 Å². The van der Waals surface area contributed by atoms with Gasteiger partial charge in [0, 0.05) is 0 Å². The van der Waals surface area contributed by atoms with Crippen molar-refractivity contribution in [3.05, 3.63) is 24.2 Å². The number of carbonyl (C=O) groups excluding carboxylic acids is 2. The fraction of sp³-hybridized carbons (Fsp3) is 0.143. The molecule has 0 N–H and O–H groups in total. The molecule has 1 heterocycles. The molecule has 3 nitrogen and oxygen atoms in total. The number of hydrogen-bond donors (Lipinski definition) is 0. The van der Waals surface area contributed by atoms with Crippen LogP contribution in [-0.4, -0.2) is 16.9 Å². The van der Waals surface area contributed by atoms with Crippen molar-refractivity contribution < 1.29 is 14.0 Å². The molecule has 0 saturated heterocycles. The van der Waals surface area contributed by atoms with Gasteiger partial charge < -0.3 is 4.42 Å². The first-order valence-electron chi connectivity index (χ1n) is 2.92. The predicted molar refractivity (Wildman–Crippen MR) is 41.8 cm³/mol. The van der Waals surface area contributed by atoms with E-state index < -0.39 is 11.6 Å². The fourth-order valence-electron chi connectivity index (χ4n) is 0.606. The summed E-state index contributed by atoms with van der Waals surface area (Å²) in [6.07, 6.45) is 1.36. The first kappa shape index (κ1) is 8.20. The normalized spacial score (nSPS) is 9.55. The van der Waals surface area contributed by atoms with Crippen LogP contribution in [0.1, 0.15) is 10.6 Å². The molecule has 0 amide bonds. The molecule has 0 aromatic carbocycles. The largest absolute Gasteiger partial charge is 0.461 e. The van der Waals surface area contributed by atoms with Crippen LogP contribution in [0.25, 0.3) is 0 Å². The highest BCUT2D eigenvalue weighted by Crippen LogP contribution is 2.02. The Morgan fingerprint density at radius 3 is 2.73 bits per heavy atom. The quantitative estimate of drug-likeness (QED) is 0.437. The summed E-state index contributed by atoms with van der Waals surface area (Å²) in [6, 6.07) is 3.03. The molecule has 1 aromatic heterocycles. The summed E-state index contributed by atoms with van der Waals surface area (Å²) >= 11 is 2.89. The molecule has 0 atom stereocenters. The van der Waals surface area contributed by atoms with Gasteiger partial charge in [-0.05, 0) is 12.1 Å². The zero-order valence-electron chi connectivity index (χ0n) is 5.54. The second-order valence-corrected chi connectivity index (χ2v) is 2.42. The molecule has 0 saturated carbocycles. The molecule has 0 radical (unpaired) electrons. The molecule has 58 valence electrons. The van der Waals surface area contributed by atoms with Crippen molar-refractivity contribution in [3.63, 3.8) is 0 Å². The highest BCUT2D eigenvalue weighted by molar-refractivity contribution is 9.09. The number of alkyl halides is 1. The van der Waals surface area contributed by atoms with Crippen LogP contribution in [-0.2, 0) is 4.79 Å². The predicted octanol–water partition coefficient (Wildman–Crippen LogP) is 1.43.